The molecule has 1 aromatic heterocycles. The van der Waals surface area contributed by atoms with Crippen LogP contribution in [0.3, 0.4) is 0 Å². The molecule has 108 valence electrons. The molecule has 2 rings (SSSR count). The first-order chi connectivity index (χ1) is 10.1. The Morgan fingerprint density at radius 1 is 1.29 bits per heavy atom. The van der Waals surface area contributed by atoms with Gasteiger partial charge in [-0.15, -0.1) is 0 Å². The summed E-state index contributed by atoms with van der Waals surface area (Å²) in [6.45, 7) is 0.575. The van der Waals surface area contributed by atoms with E-state index in [2.05, 4.69) is 10.3 Å². The molecule has 6 heteroatoms. The molecule has 0 spiro atoms. The van der Waals surface area contributed by atoms with E-state index in [0.717, 1.165) is 11.6 Å². The van der Waals surface area contributed by atoms with Crippen LogP contribution in [0.4, 0.5) is 5.69 Å². The van der Waals surface area contributed by atoms with Crippen LogP contribution in [0, 0.1) is 0 Å². The molecule has 1 amide bonds. The number of benzene rings is 1. The maximum absolute atomic E-state index is 11.8. The van der Waals surface area contributed by atoms with Gasteiger partial charge in [0.15, 0.2) is 0 Å². The highest BCUT2D eigenvalue weighted by atomic mass is 16.4. The lowest BCUT2D eigenvalue weighted by Crippen LogP contribution is -2.13. The number of amides is 1. The van der Waals surface area contributed by atoms with Crippen molar-refractivity contribution in [2.75, 3.05) is 5.32 Å². The number of anilines is 1. The van der Waals surface area contributed by atoms with E-state index < -0.39 is 5.97 Å². The van der Waals surface area contributed by atoms with Gasteiger partial charge in [0.1, 0.15) is 0 Å². The van der Waals surface area contributed by atoms with Crippen LogP contribution in [0.1, 0.15) is 12.0 Å². The van der Waals surface area contributed by atoms with Gasteiger partial charge in [0.05, 0.1) is 6.33 Å². The number of aryl methyl sites for hydroxylation is 1. The second-order valence-electron chi connectivity index (χ2n) is 4.39. The van der Waals surface area contributed by atoms with E-state index in [1.54, 1.807) is 43.0 Å². The van der Waals surface area contributed by atoms with Crippen LogP contribution in [0.5, 0.6) is 0 Å². The molecule has 6 nitrogen and oxygen atoms in total. The normalized spacial score (nSPS) is 10.7. The van der Waals surface area contributed by atoms with Crippen molar-refractivity contribution < 1.29 is 14.7 Å². The maximum atomic E-state index is 11.8. The number of carbonyl (C=O) groups is 2. The second kappa shape index (κ2) is 7.04. The fourth-order valence-electron chi connectivity index (χ4n) is 1.72. The molecule has 21 heavy (non-hydrogen) atoms. The van der Waals surface area contributed by atoms with Gasteiger partial charge in [-0.3, -0.25) is 4.79 Å². The highest BCUT2D eigenvalue weighted by Gasteiger charge is 2.02. The fourth-order valence-corrected chi connectivity index (χ4v) is 1.72. The summed E-state index contributed by atoms with van der Waals surface area (Å²) in [5.41, 5.74) is 1.44. The Hall–Kier alpha value is -2.89. The number of carboxylic acid groups (broad SMARTS) is 1. The Labute approximate surface area is 121 Å². The Balaban J connectivity index is 1.85. The van der Waals surface area contributed by atoms with E-state index in [1.165, 1.54) is 6.08 Å². The average molecular weight is 285 g/mol. The first-order valence-corrected chi connectivity index (χ1v) is 6.40. The van der Waals surface area contributed by atoms with Crippen molar-refractivity contribution in [3.63, 3.8) is 0 Å². The average Bonchev–Trinajstić information content (AvgIpc) is 2.98. The van der Waals surface area contributed by atoms with Crippen molar-refractivity contribution in [1.82, 2.24) is 9.55 Å². The molecule has 0 saturated carbocycles. The van der Waals surface area contributed by atoms with Gasteiger partial charge < -0.3 is 15.0 Å². The summed E-state index contributed by atoms with van der Waals surface area (Å²) in [5.74, 6) is -1.08. The molecule has 0 unspecified atom stereocenters. The van der Waals surface area contributed by atoms with E-state index in [9.17, 15) is 9.59 Å². The molecular formula is C15H15N3O3. The number of nitrogens with zero attached hydrogens (tertiary/aromatic N) is 2. The van der Waals surface area contributed by atoms with Crippen molar-refractivity contribution in [3.8, 4) is 0 Å². The molecular weight excluding hydrogens is 270 g/mol. The Bertz CT molecular complexity index is 631. The molecule has 0 radical (unpaired) electrons. The van der Waals surface area contributed by atoms with E-state index in [0.29, 0.717) is 18.7 Å². The number of rotatable bonds is 6. The van der Waals surface area contributed by atoms with Gasteiger partial charge in [-0.2, -0.15) is 0 Å². The summed E-state index contributed by atoms with van der Waals surface area (Å²) in [6.07, 6.45) is 8.05. The van der Waals surface area contributed by atoms with Crippen LogP contribution in [0.25, 0.3) is 6.08 Å². The third-order valence-corrected chi connectivity index (χ3v) is 2.77. The lowest BCUT2D eigenvalue weighted by atomic mass is 10.2. The Morgan fingerprint density at radius 2 is 2.05 bits per heavy atom. The summed E-state index contributed by atoms with van der Waals surface area (Å²) < 4.78 is 1.83. The smallest absolute Gasteiger partial charge is 0.328 e. The number of hydrogen-bond donors (Lipinski definition) is 2. The van der Waals surface area contributed by atoms with Crippen molar-refractivity contribution >= 4 is 23.6 Å². The Morgan fingerprint density at radius 3 is 2.67 bits per heavy atom. The minimum atomic E-state index is -0.994. The van der Waals surface area contributed by atoms with Crippen molar-refractivity contribution in [1.29, 1.82) is 0 Å². The van der Waals surface area contributed by atoms with Crippen LogP contribution in [0.15, 0.2) is 49.1 Å². The first kappa shape index (κ1) is 14.5. The molecule has 0 atom stereocenters. The summed E-state index contributed by atoms with van der Waals surface area (Å²) in [6, 6.07) is 6.95. The molecule has 1 aromatic carbocycles. The van der Waals surface area contributed by atoms with Crippen molar-refractivity contribution in [2.24, 2.45) is 0 Å². The van der Waals surface area contributed by atoms with Gasteiger partial charge in [-0.1, -0.05) is 12.1 Å². The lowest BCUT2D eigenvalue weighted by molar-refractivity contribution is -0.131. The molecule has 0 bridgehead atoms. The van der Waals surface area contributed by atoms with Crippen molar-refractivity contribution in [3.05, 3.63) is 54.6 Å². The molecule has 2 aromatic rings. The summed E-state index contributed by atoms with van der Waals surface area (Å²) in [5, 5.41) is 11.3. The van der Waals surface area contributed by atoms with E-state index in [1.807, 2.05) is 4.57 Å². The maximum Gasteiger partial charge on any atom is 0.328 e. The zero-order chi connectivity index (χ0) is 15.1. The predicted octanol–water partition coefficient (Wildman–Crippen LogP) is 2.01. The number of carboxylic acids is 1. The van der Waals surface area contributed by atoms with E-state index in [-0.39, 0.29) is 5.91 Å². The highest BCUT2D eigenvalue weighted by molar-refractivity contribution is 5.91. The third-order valence-electron chi connectivity index (χ3n) is 2.77. The highest BCUT2D eigenvalue weighted by Crippen LogP contribution is 2.11. The van der Waals surface area contributed by atoms with Crippen LogP contribution in [-0.2, 0) is 16.1 Å². The molecule has 0 aliphatic rings. The van der Waals surface area contributed by atoms with Gasteiger partial charge in [0.25, 0.3) is 0 Å². The van der Waals surface area contributed by atoms with Crippen LogP contribution >= 0.6 is 0 Å². The quantitative estimate of drug-likeness (QED) is 0.795. The SMILES string of the molecule is O=C(O)C=Cc1ccc(NC(=O)CCn2ccnc2)cc1. The van der Waals surface area contributed by atoms with Gasteiger partial charge in [-0.05, 0) is 23.8 Å². The number of hydrogen-bond acceptors (Lipinski definition) is 3. The van der Waals surface area contributed by atoms with Crippen LogP contribution in [-0.4, -0.2) is 26.5 Å². The van der Waals surface area contributed by atoms with Crippen molar-refractivity contribution in [2.45, 2.75) is 13.0 Å². The predicted molar refractivity (Wildman–Crippen MR) is 78.6 cm³/mol. The zero-order valence-corrected chi connectivity index (χ0v) is 11.3. The molecule has 0 saturated heterocycles. The van der Waals surface area contributed by atoms with Gasteiger partial charge >= 0.3 is 5.97 Å². The number of aliphatic carboxylic acids is 1. The lowest BCUT2D eigenvalue weighted by Gasteiger charge is -2.06. The minimum Gasteiger partial charge on any atom is -0.478 e. The van der Waals surface area contributed by atoms with Crippen LogP contribution in [0.2, 0.25) is 0 Å². The minimum absolute atomic E-state index is 0.0856. The summed E-state index contributed by atoms with van der Waals surface area (Å²) in [4.78, 5) is 26.1. The van der Waals surface area contributed by atoms with Gasteiger partial charge in [0, 0.05) is 37.1 Å². The molecule has 0 fully saturated rings. The second-order valence-corrected chi connectivity index (χ2v) is 4.39. The largest absolute Gasteiger partial charge is 0.478 e. The van der Waals surface area contributed by atoms with E-state index >= 15 is 0 Å². The summed E-state index contributed by atoms with van der Waals surface area (Å²) >= 11 is 0. The van der Waals surface area contributed by atoms with Gasteiger partial charge in [0.2, 0.25) is 5.91 Å². The zero-order valence-electron chi connectivity index (χ0n) is 11.3. The number of nitrogens with one attached hydrogen (secondary N) is 1. The van der Waals surface area contributed by atoms with Gasteiger partial charge in [-0.25, -0.2) is 9.78 Å². The standard InChI is InChI=1S/C15H15N3O3/c19-14(7-9-18-10-8-16-11-18)17-13-4-1-12(2-5-13)3-6-15(20)21/h1-6,8,10-11H,7,9H2,(H,17,19)(H,20,21). The Kier molecular flexibility index (Phi) is 4.87. The van der Waals surface area contributed by atoms with Crippen LogP contribution < -0.4 is 5.32 Å². The summed E-state index contributed by atoms with van der Waals surface area (Å²) in [7, 11) is 0. The first-order valence-electron chi connectivity index (χ1n) is 6.40. The molecule has 2 N–H and O–H groups in total. The third kappa shape index (κ3) is 4.94. The number of carbonyl (C=O) groups excluding carboxylic acids is 1. The monoisotopic (exact) mass is 285 g/mol. The number of imidazole rings is 1. The molecule has 1 heterocycles. The number of aromatic nitrogens is 2. The molecule has 0 aliphatic carbocycles. The topological polar surface area (TPSA) is 84.2 Å². The van der Waals surface area contributed by atoms with E-state index in [4.69, 9.17) is 5.11 Å². The molecule has 0 aliphatic heterocycles. The fraction of sp³-hybridized carbons (Fsp3) is 0.133.